The Morgan fingerprint density at radius 1 is 1.17 bits per heavy atom. The topological polar surface area (TPSA) is 87.5 Å². The Morgan fingerprint density at radius 2 is 2.00 bits per heavy atom. The molecule has 1 aliphatic rings. The molecule has 0 saturated carbocycles. The van der Waals surface area contributed by atoms with Crippen LogP contribution in [0.15, 0.2) is 41.1 Å². The summed E-state index contributed by atoms with van der Waals surface area (Å²) in [7, 11) is 0. The first-order chi connectivity index (χ1) is 11.7. The number of furan rings is 1. The molecule has 0 bridgehead atoms. The second-order valence-electron chi connectivity index (χ2n) is 5.61. The maximum absolute atomic E-state index is 12.4. The minimum Gasteiger partial charge on any atom is -0.467 e. The summed E-state index contributed by atoms with van der Waals surface area (Å²) in [6, 6.07) is 6.99. The molecule has 7 nitrogen and oxygen atoms in total. The van der Waals surface area contributed by atoms with Crippen LogP contribution in [0.5, 0.6) is 0 Å². The van der Waals surface area contributed by atoms with Gasteiger partial charge in [0.25, 0.3) is 5.91 Å². The number of nitrogens with one attached hydrogen (secondary N) is 2. The van der Waals surface area contributed by atoms with Crippen LogP contribution in [-0.4, -0.2) is 36.4 Å². The van der Waals surface area contributed by atoms with Gasteiger partial charge in [-0.3, -0.25) is 9.59 Å². The fourth-order valence-electron chi connectivity index (χ4n) is 2.67. The van der Waals surface area contributed by atoms with Crippen molar-refractivity contribution >= 4 is 17.6 Å². The minimum atomic E-state index is -0.293. The Hall–Kier alpha value is -2.83. The van der Waals surface area contributed by atoms with Gasteiger partial charge in [0.1, 0.15) is 11.6 Å². The molecule has 2 aromatic rings. The maximum atomic E-state index is 12.4. The monoisotopic (exact) mass is 328 g/mol. The molecule has 0 unspecified atom stereocenters. The highest BCUT2D eigenvalue weighted by molar-refractivity contribution is 6.00. The number of hydrogen-bond donors (Lipinski definition) is 2. The summed E-state index contributed by atoms with van der Waals surface area (Å²) in [5.41, 5.74) is 0.498. The van der Waals surface area contributed by atoms with E-state index in [0.29, 0.717) is 23.7 Å². The minimum absolute atomic E-state index is 0.0894. The number of anilines is 1. The van der Waals surface area contributed by atoms with Gasteiger partial charge < -0.3 is 20.0 Å². The first-order valence-electron chi connectivity index (χ1n) is 8.01. The number of rotatable bonds is 6. The number of carbonyl (C=O) groups excluding carboxylic acids is 2. The summed E-state index contributed by atoms with van der Waals surface area (Å²) in [6.07, 6.45) is 5.44. The largest absolute Gasteiger partial charge is 0.467 e. The SMILES string of the molecule is O=C(CNC(=O)c1cccnc1N1CCCC1)NCc1ccco1. The first kappa shape index (κ1) is 16.0. The van der Waals surface area contributed by atoms with Gasteiger partial charge >= 0.3 is 0 Å². The molecule has 3 rings (SSSR count). The van der Waals surface area contributed by atoms with E-state index in [1.54, 1.807) is 36.7 Å². The van der Waals surface area contributed by atoms with Crippen LogP contribution < -0.4 is 15.5 Å². The smallest absolute Gasteiger partial charge is 0.255 e. The van der Waals surface area contributed by atoms with Gasteiger partial charge in [0.05, 0.1) is 24.9 Å². The number of hydrogen-bond acceptors (Lipinski definition) is 5. The van der Waals surface area contributed by atoms with Crippen LogP contribution in [0.3, 0.4) is 0 Å². The van der Waals surface area contributed by atoms with Crippen LogP contribution in [0, 0.1) is 0 Å². The average molecular weight is 328 g/mol. The number of pyridine rings is 1. The van der Waals surface area contributed by atoms with Gasteiger partial charge in [0, 0.05) is 19.3 Å². The van der Waals surface area contributed by atoms with E-state index in [-0.39, 0.29) is 18.4 Å². The third-order valence-electron chi connectivity index (χ3n) is 3.89. The quantitative estimate of drug-likeness (QED) is 0.835. The molecule has 3 heterocycles. The van der Waals surface area contributed by atoms with Crippen molar-refractivity contribution in [2.45, 2.75) is 19.4 Å². The summed E-state index contributed by atoms with van der Waals surface area (Å²) in [5.74, 6) is 0.784. The van der Waals surface area contributed by atoms with Crippen LogP contribution in [0.2, 0.25) is 0 Å². The van der Waals surface area contributed by atoms with Crippen molar-refractivity contribution in [3.8, 4) is 0 Å². The van der Waals surface area contributed by atoms with Crippen molar-refractivity contribution in [3.05, 3.63) is 48.0 Å². The molecule has 24 heavy (non-hydrogen) atoms. The average Bonchev–Trinajstić information content (AvgIpc) is 3.31. The summed E-state index contributed by atoms with van der Waals surface area (Å²) < 4.78 is 5.14. The number of amides is 2. The molecule has 2 N–H and O–H groups in total. The predicted molar refractivity (Wildman–Crippen MR) is 88.6 cm³/mol. The van der Waals surface area contributed by atoms with Gasteiger partial charge in [0.15, 0.2) is 0 Å². The zero-order valence-electron chi connectivity index (χ0n) is 13.3. The second-order valence-corrected chi connectivity index (χ2v) is 5.61. The van der Waals surface area contributed by atoms with E-state index in [4.69, 9.17) is 4.42 Å². The normalized spacial score (nSPS) is 13.8. The molecule has 1 fully saturated rings. The Morgan fingerprint density at radius 3 is 2.75 bits per heavy atom. The number of carbonyl (C=O) groups is 2. The Balaban J connectivity index is 1.54. The second kappa shape index (κ2) is 7.63. The molecular formula is C17H20N4O3. The van der Waals surface area contributed by atoms with Crippen molar-refractivity contribution in [2.75, 3.05) is 24.5 Å². The highest BCUT2D eigenvalue weighted by atomic mass is 16.3. The lowest BCUT2D eigenvalue weighted by atomic mass is 10.2. The van der Waals surface area contributed by atoms with Crippen LogP contribution in [0.1, 0.15) is 29.0 Å². The van der Waals surface area contributed by atoms with Crippen molar-refractivity contribution in [1.82, 2.24) is 15.6 Å². The number of nitrogens with zero attached hydrogens (tertiary/aromatic N) is 2. The molecule has 0 radical (unpaired) electrons. The summed E-state index contributed by atoms with van der Waals surface area (Å²) in [5, 5.41) is 5.33. The molecule has 2 amide bonds. The van der Waals surface area contributed by atoms with Crippen LogP contribution in [-0.2, 0) is 11.3 Å². The van der Waals surface area contributed by atoms with Crippen LogP contribution >= 0.6 is 0 Å². The standard InChI is InChI=1S/C17H20N4O3/c22-15(19-11-13-5-4-10-24-13)12-20-17(23)14-6-3-7-18-16(14)21-8-1-2-9-21/h3-7,10H,1-2,8-9,11-12H2,(H,19,22)(H,20,23). The van der Waals surface area contributed by atoms with Gasteiger partial charge in [-0.1, -0.05) is 0 Å². The summed E-state index contributed by atoms with van der Waals surface area (Å²) in [4.78, 5) is 30.6. The molecule has 1 saturated heterocycles. The van der Waals surface area contributed by atoms with E-state index in [0.717, 1.165) is 25.9 Å². The highest BCUT2D eigenvalue weighted by Gasteiger charge is 2.20. The molecule has 7 heteroatoms. The van der Waals surface area contributed by atoms with E-state index < -0.39 is 0 Å². The molecule has 2 aromatic heterocycles. The molecule has 0 spiro atoms. The zero-order valence-corrected chi connectivity index (χ0v) is 13.3. The Labute approximate surface area is 140 Å². The molecule has 1 aliphatic heterocycles. The van der Waals surface area contributed by atoms with E-state index in [1.807, 2.05) is 0 Å². The predicted octanol–water partition coefficient (Wildman–Crippen LogP) is 1.32. The van der Waals surface area contributed by atoms with Gasteiger partial charge in [-0.2, -0.15) is 0 Å². The first-order valence-corrected chi connectivity index (χ1v) is 8.01. The summed E-state index contributed by atoms with van der Waals surface area (Å²) in [6.45, 7) is 2.02. The van der Waals surface area contributed by atoms with Crippen molar-refractivity contribution in [1.29, 1.82) is 0 Å². The maximum Gasteiger partial charge on any atom is 0.255 e. The lowest BCUT2D eigenvalue weighted by Crippen LogP contribution is -2.37. The fraction of sp³-hybridized carbons (Fsp3) is 0.353. The van der Waals surface area contributed by atoms with Gasteiger partial charge in [-0.25, -0.2) is 4.98 Å². The van der Waals surface area contributed by atoms with Crippen LogP contribution in [0.4, 0.5) is 5.82 Å². The molecule has 126 valence electrons. The van der Waals surface area contributed by atoms with Gasteiger partial charge in [-0.05, 0) is 37.1 Å². The van der Waals surface area contributed by atoms with E-state index in [1.165, 1.54) is 0 Å². The van der Waals surface area contributed by atoms with E-state index >= 15 is 0 Å². The third-order valence-corrected chi connectivity index (χ3v) is 3.89. The molecular weight excluding hydrogens is 308 g/mol. The van der Waals surface area contributed by atoms with Crippen molar-refractivity contribution in [3.63, 3.8) is 0 Å². The number of aromatic nitrogens is 1. The lowest BCUT2D eigenvalue weighted by molar-refractivity contribution is -0.120. The van der Waals surface area contributed by atoms with Crippen LogP contribution in [0.25, 0.3) is 0 Å². The molecule has 0 aromatic carbocycles. The highest BCUT2D eigenvalue weighted by Crippen LogP contribution is 2.21. The lowest BCUT2D eigenvalue weighted by Gasteiger charge is -2.19. The van der Waals surface area contributed by atoms with Gasteiger partial charge in [-0.15, -0.1) is 0 Å². The van der Waals surface area contributed by atoms with E-state index in [9.17, 15) is 9.59 Å². The fourth-order valence-corrected chi connectivity index (χ4v) is 2.67. The van der Waals surface area contributed by atoms with Crippen molar-refractivity contribution < 1.29 is 14.0 Å². The Bertz CT molecular complexity index is 694. The molecule has 0 aliphatic carbocycles. The third kappa shape index (κ3) is 3.92. The van der Waals surface area contributed by atoms with Gasteiger partial charge in [0.2, 0.25) is 5.91 Å². The summed E-state index contributed by atoms with van der Waals surface area (Å²) >= 11 is 0. The Kier molecular flexibility index (Phi) is 5.10. The van der Waals surface area contributed by atoms with E-state index in [2.05, 4.69) is 20.5 Å². The molecule has 0 atom stereocenters. The van der Waals surface area contributed by atoms with Crippen molar-refractivity contribution in [2.24, 2.45) is 0 Å². The zero-order chi connectivity index (χ0) is 16.8.